The first kappa shape index (κ1) is 20.8. The second kappa shape index (κ2) is 10.6. The van der Waals surface area contributed by atoms with E-state index in [4.69, 9.17) is 4.74 Å². The van der Waals surface area contributed by atoms with E-state index < -0.39 is 12.0 Å². The number of amides is 1. The van der Waals surface area contributed by atoms with Crippen LogP contribution in [0.15, 0.2) is 35.7 Å². The summed E-state index contributed by atoms with van der Waals surface area (Å²) in [6.45, 7) is 1.96. The molecule has 28 heavy (non-hydrogen) atoms. The molecule has 0 saturated carbocycles. The first-order valence-electron chi connectivity index (χ1n) is 9.34. The van der Waals surface area contributed by atoms with Crippen molar-refractivity contribution in [1.82, 2.24) is 15.6 Å². The van der Waals surface area contributed by atoms with E-state index in [1.807, 2.05) is 30.3 Å². The lowest BCUT2D eigenvalue weighted by molar-refractivity contribution is -0.142. The predicted octanol–water partition coefficient (Wildman–Crippen LogP) is 2.81. The molecule has 1 saturated heterocycles. The number of benzene rings is 1. The highest BCUT2D eigenvalue weighted by Crippen LogP contribution is 2.28. The summed E-state index contributed by atoms with van der Waals surface area (Å²) in [4.78, 5) is 29.2. The van der Waals surface area contributed by atoms with E-state index in [1.165, 1.54) is 24.0 Å². The van der Waals surface area contributed by atoms with E-state index in [0.29, 0.717) is 17.4 Å². The summed E-state index contributed by atoms with van der Waals surface area (Å²) in [5, 5.41) is 8.89. The number of aromatic nitrogens is 1. The molecular formula is C20H25N3O3S2. The Labute approximate surface area is 173 Å². The molecule has 0 radical (unpaired) electrons. The van der Waals surface area contributed by atoms with E-state index in [-0.39, 0.29) is 5.91 Å². The Bertz CT molecular complexity index is 776. The first-order chi connectivity index (χ1) is 13.7. The van der Waals surface area contributed by atoms with E-state index in [1.54, 1.807) is 17.1 Å². The maximum Gasteiger partial charge on any atom is 0.329 e. The Kier molecular flexibility index (Phi) is 7.88. The number of esters is 1. The van der Waals surface area contributed by atoms with Crippen molar-refractivity contribution in [3.05, 3.63) is 52.0 Å². The summed E-state index contributed by atoms with van der Waals surface area (Å²) in [5.74, 6) is 0.847. The number of nitrogens with one attached hydrogen (secondary N) is 2. The Morgan fingerprint density at radius 2 is 2.07 bits per heavy atom. The molecule has 1 aliphatic rings. The molecule has 2 heterocycles. The van der Waals surface area contributed by atoms with Gasteiger partial charge >= 0.3 is 5.97 Å². The molecule has 1 amide bonds. The minimum absolute atomic E-state index is 0.327. The van der Waals surface area contributed by atoms with Gasteiger partial charge in [-0.15, -0.1) is 11.3 Å². The fraction of sp³-hybridized carbons (Fsp3) is 0.450. The molecule has 1 unspecified atom stereocenters. The summed E-state index contributed by atoms with van der Waals surface area (Å²) in [5.41, 5.74) is 1.55. The molecule has 1 aliphatic heterocycles. The van der Waals surface area contributed by atoms with Crippen molar-refractivity contribution in [3.63, 3.8) is 0 Å². The number of methoxy groups -OCH3 is 1. The van der Waals surface area contributed by atoms with Crippen molar-refractivity contribution >= 4 is 35.0 Å². The van der Waals surface area contributed by atoms with Crippen molar-refractivity contribution < 1.29 is 14.3 Å². The second-order valence-corrected chi connectivity index (χ2v) is 8.57. The van der Waals surface area contributed by atoms with Gasteiger partial charge in [-0.3, -0.25) is 4.79 Å². The molecule has 0 bridgehead atoms. The highest BCUT2D eigenvalue weighted by atomic mass is 32.2. The summed E-state index contributed by atoms with van der Waals surface area (Å²) >= 11 is 3.10. The molecule has 2 N–H and O–H groups in total. The fourth-order valence-corrected chi connectivity index (χ4v) is 5.03. The van der Waals surface area contributed by atoms with Gasteiger partial charge in [0.1, 0.15) is 11.7 Å². The van der Waals surface area contributed by atoms with Crippen LogP contribution >= 0.6 is 23.1 Å². The third kappa shape index (κ3) is 5.80. The highest BCUT2D eigenvalue weighted by molar-refractivity contribution is 7.98. The van der Waals surface area contributed by atoms with Gasteiger partial charge in [0.15, 0.2) is 0 Å². The van der Waals surface area contributed by atoms with Gasteiger partial charge in [0.05, 0.1) is 12.1 Å². The van der Waals surface area contributed by atoms with Gasteiger partial charge in [-0.25, -0.2) is 9.78 Å². The fourth-order valence-electron chi connectivity index (χ4n) is 3.06. The lowest BCUT2D eigenvalue weighted by Gasteiger charge is -2.20. The molecule has 1 fully saturated rings. The van der Waals surface area contributed by atoms with Gasteiger partial charge in [0.25, 0.3) is 5.91 Å². The largest absolute Gasteiger partial charge is 0.467 e. The van der Waals surface area contributed by atoms with Crippen molar-refractivity contribution in [1.29, 1.82) is 0 Å². The van der Waals surface area contributed by atoms with Crippen molar-refractivity contribution in [2.45, 2.75) is 30.6 Å². The van der Waals surface area contributed by atoms with Crippen LogP contribution in [-0.2, 0) is 15.3 Å². The molecule has 1 atom stereocenters. The monoisotopic (exact) mass is 419 g/mol. The zero-order chi connectivity index (χ0) is 19.8. The predicted molar refractivity (Wildman–Crippen MR) is 113 cm³/mol. The molecule has 0 spiro atoms. The topological polar surface area (TPSA) is 80.3 Å². The normalized spacial score (nSPS) is 15.8. The number of carbonyl (C=O) groups excluding carboxylic acids is 2. The smallest absolute Gasteiger partial charge is 0.329 e. The van der Waals surface area contributed by atoms with Crippen LogP contribution in [0.1, 0.15) is 39.8 Å². The van der Waals surface area contributed by atoms with Crippen molar-refractivity contribution in [3.8, 4) is 0 Å². The van der Waals surface area contributed by atoms with Crippen molar-refractivity contribution in [2.75, 3.05) is 26.0 Å². The van der Waals surface area contributed by atoms with Crippen LogP contribution in [0.2, 0.25) is 0 Å². The van der Waals surface area contributed by atoms with Gasteiger partial charge in [0.2, 0.25) is 0 Å². The molecule has 2 aromatic rings. The van der Waals surface area contributed by atoms with Crippen LogP contribution in [0.4, 0.5) is 0 Å². The average Bonchev–Trinajstić information content (AvgIpc) is 3.24. The van der Waals surface area contributed by atoms with Crippen LogP contribution in [0, 0.1) is 0 Å². The van der Waals surface area contributed by atoms with Gasteiger partial charge in [-0.05, 0) is 31.5 Å². The van der Waals surface area contributed by atoms with Crippen LogP contribution in [0.3, 0.4) is 0 Å². The molecule has 150 valence electrons. The number of ether oxygens (including phenoxy) is 1. The number of rotatable bonds is 8. The molecule has 6 nitrogen and oxygen atoms in total. The molecule has 8 heteroatoms. The van der Waals surface area contributed by atoms with E-state index in [2.05, 4.69) is 15.6 Å². The summed E-state index contributed by atoms with van der Waals surface area (Å²) in [6.07, 6.45) is 2.07. The maximum absolute atomic E-state index is 12.6. The first-order valence-corrected chi connectivity index (χ1v) is 11.4. The second-order valence-electron chi connectivity index (χ2n) is 6.65. The van der Waals surface area contributed by atoms with Crippen LogP contribution < -0.4 is 10.6 Å². The maximum atomic E-state index is 12.6. The van der Waals surface area contributed by atoms with E-state index >= 15 is 0 Å². The third-order valence-electron chi connectivity index (χ3n) is 4.63. The number of thiazole rings is 1. The summed E-state index contributed by atoms with van der Waals surface area (Å²) in [6, 6.07) is 9.31. The highest BCUT2D eigenvalue weighted by Gasteiger charge is 2.25. The minimum Gasteiger partial charge on any atom is -0.467 e. The Hall–Kier alpha value is -1.90. The van der Waals surface area contributed by atoms with Gasteiger partial charge in [-0.1, -0.05) is 30.3 Å². The van der Waals surface area contributed by atoms with Gasteiger partial charge in [0, 0.05) is 22.8 Å². The number of nitrogens with zero attached hydrogens (tertiary/aromatic N) is 1. The van der Waals surface area contributed by atoms with Gasteiger partial charge in [-0.2, -0.15) is 11.8 Å². The van der Waals surface area contributed by atoms with Crippen LogP contribution in [0.25, 0.3) is 0 Å². The standard InChI is InChI=1S/C20H25N3O3S2/c1-26-20(25)17(12-27-11-14-5-3-2-4-6-14)22-18(24)16-13-28-19(23-16)15-7-9-21-10-8-15/h2-6,13,15,17,21H,7-12H2,1H3,(H,22,24). The molecule has 1 aromatic carbocycles. The lowest BCUT2D eigenvalue weighted by atomic mass is 9.99. The number of carbonyl (C=O) groups is 2. The number of piperidine rings is 1. The van der Waals surface area contributed by atoms with Crippen LogP contribution in [-0.4, -0.2) is 48.9 Å². The SMILES string of the molecule is COC(=O)C(CSCc1ccccc1)NC(=O)c1csc(C2CCNCC2)n1. The third-order valence-corrected chi connectivity index (χ3v) is 6.74. The quantitative estimate of drug-likeness (QED) is 0.641. The Morgan fingerprint density at radius 3 is 2.79 bits per heavy atom. The minimum atomic E-state index is -0.699. The molecular weight excluding hydrogens is 394 g/mol. The van der Waals surface area contributed by atoms with Crippen molar-refractivity contribution in [2.24, 2.45) is 0 Å². The molecule has 0 aliphatic carbocycles. The zero-order valence-corrected chi connectivity index (χ0v) is 17.5. The lowest BCUT2D eigenvalue weighted by Crippen LogP contribution is -2.43. The number of thioether (sulfide) groups is 1. The van der Waals surface area contributed by atoms with E-state index in [9.17, 15) is 9.59 Å². The summed E-state index contributed by atoms with van der Waals surface area (Å²) < 4.78 is 4.86. The van der Waals surface area contributed by atoms with Gasteiger partial charge < -0.3 is 15.4 Å². The molecule has 1 aromatic heterocycles. The Balaban J connectivity index is 1.56. The summed E-state index contributed by atoms with van der Waals surface area (Å²) in [7, 11) is 1.33. The Morgan fingerprint density at radius 1 is 1.32 bits per heavy atom. The number of hydrogen-bond donors (Lipinski definition) is 2. The number of hydrogen-bond acceptors (Lipinski definition) is 7. The zero-order valence-electron chi connectivity index (χ0n) is 15.8. The average molecular weight is 420 g/mol. The van der Waals surface area contributed by atoms with E-state index in [0.717, 1.165) is 36.7 Å². The molecule has 3 rings (SSSR count). The van der Waals surface area contributed by atoms with Crippen LogP contribution in [0.5, 0.6) is 0 Å².